The number of hydrogen-bond acceptors (Lipinski definition) is 4. The fraction of sp³-hybridized carbons (Fsp3) is 0.0909. The van der Waals surface area contributed by atoms with Crippen LogP contribution in [0.25, 0.3) is 0 Å². The smallest absolute Gasteiger partial charge is 0.271 e. The van der Waals surface area contributed by atoms with E-state index in [9.17, 15) is 8.42 Å². The maximum absolute atomic E-state index is 12.1. The van der Waals surface area contributed by atoms with Crippen molar-refractivity contribution in [2.75, 3.05) is 11.8 Å². The van der Waals surface area contributed by atoms with E-state index in [1.807, 2.05) is 0 Å². The number of hydrogen-bond donors (Lipinski definition) is 1. The van der Waals surface area contributed by atoms with Crippen LogP contribution in [0.5, 0.6) is 5.75 Å². The Morgan fingerprint density at radius 1 is 1.32 bits per heavy atom. The minimum atomic E-state index is -3.59. The summed E-state index contributed by atoms with van der Waals surface area (Å²) in [5, 5.41) is 0.343. The maximum atomic E-state index is 12.1. The first-order valence-electron chi connectivity index (χ1n) is 5.04. The molecule has 19 heavy (non-hydrogen) atoms. The number of methoxy groups -OCH3 is 1. The Morgan fingerprint density at radius 2 is 2.05 bits per heavy atom. The predicted molar refractivity (Wildman–Crippen MR) is 80.8 cm³/mol. The van der Waals surface area contributed by atoms with E-state index < -0.39 is 10.0 Å². The van der Waals surface area contributed by atoms with Gasteiger partial charge >= 0.3 is 0 Å². The van der Waals surface area contributed by atoms with Crippen LogP contribution in [0.2, 0.25) is 5.02 Å². The van der Waals surface area contributed by atoms with Crippen molar-refractivity contribution in [3.05, 3.63) is 39.1 Å². The molecule has 0 saturated heterocycles. The summed E-state index contributed by atoms with van der Waals surface area (Å²) in [6.45, 7) is 0. The van der Waals surface area contributed by atoms with Gasteiger partial charge in [-0.05, 0) is 46.3 Å². The minimum absolute atomic E-state index is 0.228. The molecule has 0 bridgehead atoms. The number of rotatable bonds is 4. The van der Waals surface area contributed by atoms with Gasteiger partial charge in [-0.15, -0.1) is 11.3 Å². The van der Waals surface area contributed by atoms with Crippen LogP contribution in [0.15, 0.2) is 38.3 Å². The van der Waals surface area contributed by atoms with Crippen molar-refractivity contribution >= 4 is 54.6 Å². The third-order valence-electron chi connectivity index (χ3n) is 2.22. The first-order chi connectivity index (χ1) is 8.92. The molecule has 102 valence electrons. The Balaban J connectivity index is 2.28. The number of benzene rings is 1. The lowest BCUT2D eigenvalue weighted by Crippen LogP contribution is -2.11. The van der Waals surface area contributed by atoms with Gasteiger partial charge in [0, 0.05) is 0 Å². The second-order valence-electron chi connectivity index (χ2n) is 3.51. The molecule has 0 amide bonds. The molecule has 1 aromatic carbocycles. The molecule has 8 heteroatoms. The van der Waals surface area contributed by atoms with E-state index in [0.29, 0.717) is 16.5 Å². The number of thiophene rings is 1. The van der Waals surface area contributed by atoms with Crippen LogP contribution in [-0.2, 0) is 10.0 Å². The summed E-state index contributed by atoms with van der Waals surface area (Å²) < 4.78 is 32.6. The monoisotopic (exact) mass is 381 g/mol. The Hall–Kier alpha value is -0.760. The molecule has 2 rings (SSSR count). The van der Waals surface area contributed by atoms with Crippen molar-refractivity contribution in [1.82, 2.24) is 0 Å². The van der Waals surface area contributed by atoms with Gasteiger partial charge in [0.2, 0.25) is 0 Å². The van der Waals surface area contributed by atoms with Gasteiger partial charge in [0.1, 0.15) is 9.96 Å². The molecule has 0 atom stereocenters. The summed E-state index contributed by atoms with van der Waals surface area (Å²) in [6, 6.07) is 7.90. The van der Waals surface area contributed by atoms with Gasteiger partial charge in [0.15, 0.2) is 0 Å². The molecule has 0 spiro atoms. The number of anilines is 1. The summed E-state index contributed by atoms with van der Waals surface area (Å²) in [5.74, 6) is 0.489. The zero-order chi connectivity index (χ0) is 14.0. The fourth-order valence-corrected chi connectivity index (χ4v) is 4.69. The molecule has 1 N–H and O–H groups in total. The summed E-state index contributed by atoms with van der Waals surface area (Å²) in [7, 11) is -2.10. The summed E-state index contributed by atoms with van der Waals surface area (Å²) in [4.78, 5) is 0. The van der Waals surface area contributed by atoms with E-state index >= 15 is 0 Å². The molecule has 0 aliphatic carbocycles. The molecule has 0 fully saturated rings. The van der Waals surface area contributed by atoms with Gasteiger partial charge in [-0.1, -0.05) is 11.6 Å². The highest BCUT2D eigenvalue weighted by atomic mass is 79.9. The van der Waals surface area contributed by atoms with E-state index in [4.69, 9.17) is 16.3 Å². The highest BCUT2D eigenvalue weighted by molar-refractivity contribution is 9.11. The van der Waals surface area contributed by atoms with Crippen LogP contribution >= 0.6 is 38.9 Å². The van der Waals surface area contributed by atoms with Crippen molar-refractivity contribution in [1.29, 1.82) is 0 Å². The van der Waals surface area contributed by atoms with E-state index in [-0.39, 0.29) is 4.21 Å². The third kappa shape index (κ3) is 3.42. The lowest BCUT2D eigenvalue weighted by Gasteiger charge is -2.08. The fourth-order valence-electron chi connectivity index (χ4n) is 1.38. The standard InChI is InChI=1S/C11H9BrClNO3S2/c1-17-9-3-2-7(6-8(9)13)14-19(15,16)11-5-4-10(12)18-11/h2-6,14H,1H3. The second kappa shape index (κ2) is 5.70. The van der Waals surface area contributed by atoms with Crippen molar-refractivity contribution in [2.24, 2.45) is 0 Å². The Kier molecular flexibility index (Phi) is 4.39. The maximum Gasteiger partial charge on any atom is 0.271 e. The van der Waals surface area contributed by atoms with Gasteiger partial charge in [-0.3, -0.25) is 4.72 Å². The third-order valence-corrected chi connectivity index (χ3v) is 6.01. The first kappa shape index (κ1) is 14.6. The molecule has 0 unspecified atom stereocenters. The second-order valence-corrected chi connectivity index (χ2v) is 8.29. The Labute approximate surface area is 128 Å². The lowest BCUT2D eigenvalue weighted by atomic mass is 10.3. The Morgan fingerprint density at radius 3 is 2.58 bits per heavy atom. The van der Waals surface area contributed by atoms with Gasteiger partial charge in [0.25, 0.3) is 10.0 Å². The SMILES string of the molecule is COc1ccc(NS(=O)(=O)c2ccc(Br)s2)cc1Cl. The molecule has 0 aliphatic rings. The topological polar surface area (TPSA) is 55.4 Å². The van der Waals surface area contributed by atoms with Crippen molar-refractivity contribution in [3.8, 4) is 5.75 Å². The highest BCUT2D eigenvalue weighted by Crippen LogP contribution is 2.30. The number of nitrogens with one attached hydrogen (secondary N) is 1. The van der Waals surface area contributed by atoms with Crippen LogP contribution in [0, 0.1) is 0 Å². The zero-order valence-electron chi connectivity index (χ0n) is 9.68. The zero-order valence-corrected chi connectivity index (χ0v) is 13.7. The molecule has 1 aromatic heterocycles. The number of halogens is 2. The number of ether oxygens (including phenoxy) is 1. The normalized spacial score (nSPS) is 11.3. The van der Waals surface area contributed by atoms with Gasteiger partial charge in [-0.25, -0.2) is 8.42 Å². The van der Waals surface area contributed by atoms with Crippen molar-refractivity contribution < 1.29 is 13.2 Å². The molecule has 0 radical (unpaired) electrons. The van der Waals surface area contributed by atoms with Crippen molar-refractivity contribution in [2.45, 2.75) is 4.21 Å². The minimum Gasteiger partial charge on any atom is -0.495 e. The van der Waals surface area contributed by atoms with E-state index in [0.717, 1.165) is 15.1 Å². The van der Waals surface area contributed by atoms with Crippen molar-refractivity contribution in [3.63, 3.8) is 0 Å². The molecule has 0 saturated carbocycles. The van der Waals surface area contributed by atoms with Crippen LogP contribution < -0.4 is 9.46 Å². The largest absolute Gasteiger partial charge is 0.495 e. The predicted octanol–water partition coefficient (Wildman–Crippen LogP) is 3.97. The molecular weight excluding hydrogens is 374 g/mol. The molecule has 4 nitrogen and oxygen atoms in total. The van der Waals surface area contributed by atoms with E-state index in [1.165, 1.54) is 19.2 Å². The van der Waals surface area contributed by atoms with E-state index in [1.54, 1.807) is 18.2 Å². The summed E-state index contributed by atoms with van der Waals surface area (Å²) >= 11 is 10.3. The van der Waals surface area contributed by atoms with Crippen LogP contribution in [-0.4, -0.2) is 15.5 Å². The highest BCUT2D eigenvalue weighted by Gasteiger charge is 2.17. The number of sulfonamides is 1. The average molecular weight is 383 g/mol. The summed E-state index contributed by atoms with van der Waals surface area (Å²) in [5.41, 5.74) is 0.385. The lowest BCUT2D eigenvalue weighted by molar-refractivity contribution is 0.415. The molecular formula is C11H9BrClNO3S2. The quantitative estimate of drug-likeness (QED) is 0.870. The molecule has 0 aliphatic heterocycles. The van der Waals surface area contributed by atoms with Gasteiger partial charge in [-0.2, -0.15) is 0 Å². The molecule has 2 aromatic rings. The van der Waals surface area contributed by atoms with Gasteiger partial charge in [0.05, 0.1) is 21.6 Å². The summed E-state index contributed by atoms with van der Waals surface area (Å²) in [6.07, 6.45) is 0. The average Bonchev–Trinajstić information content (AvgIpc) is 2.76. The van der Waals surface area contributed by atoms with E-state index in [2.05, 4.69) is 20.7 Å². The van der Waals surface area contributed by atoms with Gasteiger partial charge < -0.3 is 4.74 Å². The van der Waals surface area contributed by atoms with Crippen LogP contribution in [0.4, 0.5) is 5.69 Å². The van der Waals surface area contributed by atoms with Crippen LogP contribution in [0.1, 0.15) is 0 Å². The van der Waals surface area contributed by atoms with Crippen LogP contribution in [0.3, 0.4) is 0 Å². The molecule has 1 heterocycles. The Bertz CT molecular complexity index is 700. The first-order valence-corrected chi connectivity index (χ1v) is 8.51.